The first kappa shape index (κ1) is 19.1. The molecule has 3 aromatic carbocycles. The van der Waals surface area contributed by atoms with Crippen LogP contribution in [0.4, 0.5) is 11.4 Å². The zero-order valence-corrected chi connectivity index (χ0v) is 15.8. The third-order valence-electron chi connectivity index (χ3n) is 4.23. The summed E-state index contributed by atoms with van der Waals surface area (Å²) in [6, 6.07) is 21.1. The Hall–Kier alpha value is -4.20. The van der Waals surface area contributed by atoms with Gasteiger partial charge in [-0.25, -0.2) is 5.43 Å². The van der Waals surface area contributed by atoms with Gasteiger partial charge in [0.1, 0.15) is 12.4 Å². The summed E-state index contributed by atoms with van der Waals surface area (Å²) in [5.41, 5.74) is 4.02. The second-order valence-electron chi connectivity index (χ2n) is 6.38. The minimum absolute atomic E-state index is 0.00200. The third-order valence-corrected chi connectivity index (χ3v) is 4.23. The van der Waals surface area contributed by atoms with Crippen LogP contribution in [-0.2, 0) is 4.79 Å². The number of phenolic OH excluding ortho intramolecular Hbond substituents is 1. The van der Waals surface area contributed by atoms with Crippen LogP contribution in [0.25, 0.3) is 0 Å². The summed E-state index contributed by atoms with van der Waals surface area (Å²) in [6.07, 6.45) is 0.503. The van der Waals surface area contributed by atoms with Gasteiger partial charge in [-0.15, -0.1) is 0 Å². The van der Waals surface area contributed by atoms with Crippen molar-refractivity contribution < 1.29 is 19.4 Å². The number of rotatable bonds is 5. The third kappa shape index (κ3) is 4.61. The van der Waals surface area contributed by atoms with Gasteiger partial charge in [0.25, 0.3) is 5.91 Å². The van der Waals surface area contributed by atoms with E-state index in [2.05, 4.69) is 20.8 Å². The number of benzene rings is 3. The van der Waals surface area contributed by atoms with E-state index in [0.29, 0.717) is 28.4 Å². The largest absolute Gasteiger partial charge is 0.507 e. The molecule has 0 unspecified atom stereocenters. The van der Waals surface area contributed by atoms with E-state index in [1.165, 1.54) is 12.3 Å². The molecule has 0 saturated carbocycles. The van der Waals surface area contributed by atoms with E-state index in [-0.39, 0.29) is 12.4 Å². The number of hydrogen-bond donors (Lipinski definition) is 2. The van der Waals surface area contributed by atoms with Gasteiger partial charge in [0.05, 0.1) is 17.6 Å². The van der Waals surface area contributed by atoms with Gasteiger partial charge in [-0.05, 0) is 42.5 Å². The summed E-state index contributed by atoms with van der Waals surface area (Å²) in [6.45, 7) is 0.0823. The van der Waals surface area contributed by atoms with Crippen molar-refractivity contribution in [2.75, 3.05) is 6.61 Å². The van der Waals surface area contributed by atoms with Gasteiger partial charge in [-0.1, -0.05) is 30.3 Å². The Morgan fingerprint density at radius 3 is 2.53 bits per heavy atom. The lowest BCUT2D eigenvalue weighted by Gasteiger charge is -2.24. The molecule has 0 saturated heterocycles. The number of phenols is 1. The molecule has 1 aliphatic heterocycles. The van der Waals surface area contributed by atoms with Crippen molar-refractivity contribution in [2.45, 2.75) is 6.10 Å². The van der Waals surface area contributed by atoms with Crippen molar-refractivity contribution in [3.05, 3.63) is 78.4 Å². The first-order valence-electron chi connectivity index (χ1n) is 9.20. The van der Waals surface area contributed by atoms with Crippen LogP contribution in [0, 0.1) is 0 Å². The number of carbonyl (C=O) groups is 1. The summed E-state index contributed by atoms with van der Waals surface area (Å²) < 4.78 is 11.1. The molecule has 0 spiro atoms. The minimum Gasteiger partial charge on any atom is -0.507 e. The quantitative estimate of drug-likeness (QED) is 0.381. The van der Waals surface area contributed by atoms with Gasteiger partial charge >= 0.3 is 0 Å². The summed E-state index contributed by atoms with van der Waals surface area (Å²) in [4.78, 5) is 12.3. The van der Waals surface area contributed by atoms with Crippen LogP contribution >= 0.6 is 0 Å². The number of azo groups is 1. The van der Waals surface area contributed by atoms with Gasteiger partial charge in [-0.3, -0.25) is 4.79 Å². The first-order valence-corrected chi connectivity index (χ1v) is 9.20. The molecule has 8 nitrogen and oxygen atoms in total. The molecule has 8 heteroatoms. The maximum absolute atomic E-state index is 12.3. The summed E-state index contributed by atoms with van der Waals surface area (Å²) >= 11 is 0. The second-order valence-corrected chi connectivity index (χ2v) is 6.38. The van der Waals surface area contributed by atoms with Crippen LogP contribution in [0.2, 0.25) is 0 Å². The topological polar surface area (TPSA) is 105 Å². The van der Waals surface area contributed by atoms with Crippen molar-refractivity contribution in [1.82, 2.24) is 5.43 Å². The van der Waals surface area contributed by atoms with Gasteiger partial charge in [0.2, 0.25) is 6.10 Å². The normalized spacial score (nSPS) is 15.4. The zero-order chi connectivity index (χ0) is 20.8. The van der Waals surface area contributed by atoms with Gasteiger partial charge in [-0.2, -0.15) is 15.3 Å². The summed E-state index contributed by atoms with van der Waals surface area (Å²) in [5, 5.41) is 22.2. The van der Waals surface area contributed by atoms with Crippen molar-refractivity contribution >= 4 is 23.5 Å². The molecular weight excluding hydrogens is 384 g/mol. The van der Waals surface area contributed by atoms with Crippen LogP contribution in [0.15, 0.2) is 88.1 Å². The molecule has 1 heterocycles. The van der Waals surface area contributed by atoms with Crippen molar-refractivity contribution in [2.24, 2.45) is 15.3 Å². The Bertz CT molecular complexity index is 1100. The maximum atomic E-state index is 12.3. The lowest BCUT2D eigenvalue weighted by atomic mass is 10.2. The molecule has 0 radical (unpaired) electrons. The van der Waals surface area contributed by atoms with E-state index in [1.807, 2.05) is 36.4 Å². The molecule has 0 fully saturated rings. The van der Waals surface area contributed by atoms with Crippen LogP contribution < -0.4 is 14.9 Å². The highest BCUT2D eigenvalue weighted by Crippen LogP contribution is 2.30. The van der Waals surface area contributed by atoms with Crippen molar-refractivity contribution in [3.63, 3.8) is 0 Å². The Balaban J connectivity index is 1.39. The fourth-order valence-corrected chi connectivity index (χ4v) is 2.70. The maximum Gasteiger partial charge on any atom is 0.284 e. The number of amides is 1. The van der Waals surface area contributed by atoms with Gasteiger partial charge < -0.3 is 14.6 Å². The zero-order valence-electron chi connectivity index (χ0n) is 15.8. The summed E-state index contributed by atoms with van der Waals surface area (Å²) in [7, 11) is 0. The Labute approximate surface area is 172 Å². The predicted molar refractivity (Wildman–Crippen MR) is 111 cm³/mol. The number of hydrogen-bond acceptors (Lipinski definition) is 7. The molecule has 0 bridgehead atoms. The molecule has 1 atom stereocenters. The molecule has 150 valence electrons. The molecule has 1 amide bonds. The smallest absolute Gasteiger partial charge is 0.284 e. The number of fused-ring (bicyclic) bond motifs is 1. The second kappa shape index (κ2) is 8.87. The molecule has 1 aliphatic rings. The number of carbonyl (C=O) groups excluding carboxylic acids is 1. The molecule has 3 aromatic rings. The Morgan fingerprint density at radius 2 is 1.70 bits per heavy atom. The van der Waals surface area contributed by atoms with Crippen LogP contribution in [0.3, 0.4) is 0 Å². The number of aromatic hydroxyl groups is 1. The van der Waals surface area contributed by atoms with E-state index in [0.717, 1.165) is 0 Å². The standard InChI is InChI=1S/C22H18N4O4/c27-18-11-10-17(25-24-16-6-2-1-3-7-16)12-15(18)13-23-26-22(28)21-14-29-19-8-4-5-9-20(19)30-21/h1-13,21,27H,14H2,(H,26,28)/b23-13-,25-24?/t21-/m0/s1. The Kier molecular flexibility index (Phi) is 5.66. The molecule has 2 N–H and O–H groups in total. The number of nitrogens with one attached hydrogen (secondary N) is 1. The van der Waals surface area contributed by atoms with Gasteiger partial charge in [0, 0.05) is 5.56 Å². The lowest BCUT2D eigenvalue weighted by Crippen LogP contribution is -2.42. The van der Waals surface area contributed by atoms with E-state index < -0.39 is 12.0 Å². The van der Waals surface area contributed by atoms with E-state index in [4.69, 9.17) is 9.47 Å². The molecule has 30 heavy (non-hydrogen) atoms. The SMILES string of the molecule is O=C(N/N=C\c1cc(N=Nc2ccccc2)ccc1O)[C@@H]1COc2ccccc2O1. The average Bonchev–Trinajstić information content (AvgIpc) is 2.79. The number of nitrogens with zero attached hydrogens (tertiary/aromatic N) is 3. The van der Waals surface area contributed by atoms with Crippen LogP contribution in [-0.4, -0.2) is 29.9 Å². The first-order chi connectivity index (χ1) is 14.7. The average molecular weight is 402 g/mol. The predicted octanol–water partition coefficient (Wildman–Crippen LogP) is 4.10. The highest BCUT2D eigenvalue weighted by Gasteiger charge is 2.26. The fraction of sp³-hybridized carbons (Fsp3) is 0.0909. The summed E-state index contributed by atoms with van der Waals surface area (Å²) in [5.74, 6) is 0.636. The highest BCUT2D eigenvalue weighted by atomic mass is 16.6. The molecule has 0 aromatic heterocycles. The monoisotopic (exact) mass is 402 g/mol. The van der Waals surface area contributed by atoms with Crippen LogP contribution in [0.5, 0.6) is 17.2 Å². The minimum atomic E-state index is -0.823. The highest BCUT2D eigenvalue weighted by molar-refractivity contribution is 5.87. The number of para-hydroxylation sites is 2. The molecule has 4 rings (SSSR count). The molecule has 0 aliphatic carbocycles. The van der Waals surface area contributed by atoms with Crippen LogP contribution in [0.1, 0.15) is 5.56 Å². The number of ether oxygens (including phenoxy) is 2. The van der Waals surface area contributed by atoms with E-state index in [1.54, 1.807) is 30.3 Å². The van der Waals surface area contributed by atoms with E-state index in [9.17, 15) is 9.90 Å². The molecular formula is C22H18N4O4. The van der Waals surface area contributed by atoms with E-state index >= 15 is 0 Å². The number of hydrazone groups is 1. The van der Waals surface area contributed by atoms with Gasteiger partial charge in [0.15, 0.2) is 11.5 Å². The van der Waals surface area contributed by atoms with Crippen molar-refractivity contribution in [1.29, 1.82) is 0 Å². The van der Waals surface area contributed by atoms with Crippen molar-refractivity contribution in [3.8, 4) is 17.2 Å². The fourth-order valence-electron chi connectivity index (χ4n) is 2.70. The Morgan fingerprint density at radius 1 is 0.967 bits per heavy atom. The lowest BCUT2D eigenvalue weighted by molar-refractivity contribution is -0.130.